The number of piperazine rings is 1. The number of likely N-dealkylation sites (tertiary alicyclic amines) is 1. The molecule has 3 rings (SSSR count). The van der Waals surface area contributed by atoms with Gasteiger partial charge < -0.3 is 15.0 Å². The van der Waals surface area contributed by atoms with Crippen molar-refractivity contribution in [3.8, 4) is 5.75 Å². The van der Waals surface area contributed by atoms with Crippen LogP contribution in [0.2, 0.25) is 0 Å². The van der Waals surface area contributed by atoms with Crippen molar-refractivity contribution in [2.24, 2.45) is 0 Å². The molecule has 28 heavy (non-hydrogen) atoms. The summed E-state index contributed by atoms with van der Waals surface area (Å²) in [4.78, 5) is 19.3. The second-order valence-corrected chi connectivity index (χ2v) is 7.80. The average molecular weight is 393 g/mol. The predicted octanol–water partition coefficient (Wildman–Crippen LogP) is 1.55. The third-order valence-electron chi connectivity index (χ3n) is 5.85. The van der Waals surface area contributed by atoms with Crippen molar-refractivity contribution >= 4 is 5.91 Å². The number of methoxy groups -OCH3 is 1. The minimum atomic E-state index is -0.319. The maximum absolute atomic E-state index is 13.8. The quantitative estimate of drug-likeness (QED) is 0.763. The molecule has 1 N–H and O–H groups in total. The minimum Gasteiger partial charge on any atom is -0.494 e. The highest BCUT2D eigenvalue weighted by Crippen LogP contribution is 2.19. The van der Waals surface area contributed by atoms with Crippen LogP contribution in [0, 0.1) is 5.82 Å². The van der Waals surface area contributed by atoms with Crippen LogP contribution in [0.15, 0.2) is 18.2 Å². The summed E-state index contributed by atoms with van der Waals surface area (Å²) in [6, 6.07) is 5.45. The van der Waals surface area contributed by atoms with E-state index in [1.807, 2.05) is 6.07 Å². The Morgan fingerprint density at radius 1 is 1.11 bits per heavy atom. The van der Waals surface area contributed by atoms with Crippen molar-refractivity contribution < 1.29 is 13.9 Å². The van der Waals surface area contributed by atoms with Crippen molar-refractivity contribution in [1.29, 1.82) is 0 Å². The molecular formula is C21H33FN4O2. The zero-order chi connectivity index (χ0) is 19.9. The molecule has 7 heteroatoms. The van der Waals surface area contributed by atoms with Gasteiger partial charge in [0, 0.05) is 51.9 Å². The molecule has 2 heterocycles. The molecule has 0 atom stereocenters. The summed E-state index contributed by atoms with van der Waals surface area (Å²) in [5.41, 5.74) is 0.947. The van der Waals surface area contributed by atoms with Crippen LogP contribution in [0.1, 0.15) is 25.3 Å². The number of halogens is 1. The molecule has 0 aliphatic carbocycles. The van der Waals surface area contributed by atoms with Crippen LogP contribution in [0.5, 0.6) is 5.75 Å². The van der Waals surface area contributed by atoms with Gasteiger partial charge in [0.25, 0.3) is 0 Å². The lowest BCUT2D eigenvalue weighted by atomic mass is 10.1. The van der Waals surface area contributed by atoms with E-state index in [-0.39, 0.29) is 17.5 Å². The molecule has 1 amide bonds. The molecule has 1 aromatic carbocycles. The highest BCUT2D eigenvalue weighted by Gasteiger charge is 2.23. The number of ether oxygens (including phenoxy) is 1. The first-order valence-electron chi connectivity index (χ1n) is 10.4. The van der Waals surface area contributed by atoms with Gasteiger partial charge in [-0.3, -0.25) is 14.6 Å². The summed E-state index contributed by atoms with van der Waals surface area (Å²) in [5, 5.41) is 3.20. The van der Waals surface area contributed by atoms with Crippen molar-refractivity contribution in [2.75, 3.05) is 59.5 Å². The van der Waals surface area contributed by atoms with E-state index in [1.54, 1.807) is 12.1 Å². The van der Waals surface area contributed by atoms with Gasteiger partial charge in [-0.1, -0.05) is 13.0 Å². The third kappa shape index (κ3) is 5.90. The van der Waals surface area contributed by atoms with Crippen molar-refractivity contribution in [2.45, 2.75) is 32.4 Å². The van der Waals surface area contributed by atoms with Crippen LogP contribution in [0.4, 0.5) is 4.39 Å². The molecule has 0 saturated carbocycles. The fourth-order valence-corrected chi connectivity index (χ4v) is 4.04. The summed E-state index contributed by atoms with van der Waals surface area (Å²) < 4.78 is 18.8. The van der Waals surface area contributed by atoms with Crippen LogP contribution in [-0.2, 0) is 11.3 Å². The molecule has 0 spiro atoms. The molecule has 2 fully saturated rings. The monoisotopic (exact) mass is 392 g/mol. The van der Waals surface area contributed by atoms with Crippen LogP contribution in [0.3, 0.4) is 0 Å². The number of nitrogens with zero attached hydrogens (tertiary/aromatic N) is 3. The van der Waals surface area contributed by atoms with E-state index < -0.39 is 0 Å². The first-order chi connectivity index (χ1) is 13.6. The van der Waals surface area contributed by atoms with Crippen molar-refractivity contribution in [3.63, 3.8) is 0 Å². The summed E-state index contributed by atoms with van der Waals surface area (Å²) in [7, 11) is 1.47. The predicted molar refractivity (Wildman–Crippen MR) is 108 cm³/mol. The third-order valence-corrected chi connectivity index (χ3v) is 5.85. The topological polar surface area (TPSA) is 48.1 Å². The van der Waals surface area contributed by atoms with Gasteiger partial charge in [0.1, 0.15) is 0 Å². The number of rotatable bonds is 7. The van der Waals surface area contributed by atoms with Crippen molar-refractivity contribution in [1.82, 2.24) is 20.0 Å². The van der Waals surface area contributed by atoms with E-state index in [9.17, 15) is 9.18 Å². The van der Waals surface area contributed by atoms with E-state index in [4.69, 9.17) is 4.74 Å². The molecule has 0 bridgehead atoms. The Balaban J connectivity index is 1.37. The lowest BCUT2D eigenvalue weighted by Crippen LogP contribution is -2.51. The van der Waals surface area contributed by atoms with Gasteiger partial charge in [-0.25, -0.2) is 4.39 Å². The highest BCUT2D eigenvalue weighted by atomic mass is 19.1. The zero-order valence-electron chi connectivity index (χ0n) is 17.1. The van der Waals surface area contributed by atoms with E-state index >= 15 is 0 Å². The molecule has 0 radical (unpaired) electrons. The molecule has 0 unspecified atom stereocenters. The Bertz CT molecular complexity index is 641. The average Bonchev–Trinajstić information content (AvgIpc) is 2.70. The molecule has 2 aliphatic heterocycles. The molecule has 2 saturated heterocycles. The Hall–Kier alpha value is -1.70. The Labute approximate surface area is 167 Å². The molecule has 2 aliphatic rings. The van der Waals surface area contributed by atoms with Crippen LogP contribution in [0.25, 0.3) is 0 Å². The van der Waals surface area contributed by atoms with Gasteiger partial charge in [0.15, 0.2) is 11.6 Å². The number of benzene rings is 1. The number of carbonyl (C=O) groups is 1. The SMILES string of the molecule is CCN1CCC(NC(=O)CN2CCN(Cc3ccc(OC)c(F)c3)CC2)CC1. The minimum absolute atomic E-state index is 0.139. The normalized spacial score (nSPS) is 20.2. The second-order valence-electron chi connectivity index (χ2n) is 7.80. The number of carbonyl (C=O) groups excluding carboxylic acids is 1. The summed E-state index contributed by atoms with van der Waals surface area (Å²) in [5.74, 6) is 0.0978. The molecule has 1 aromatic rings. The smallest absolute Gasteiger partial charge is 0.234 e. The number of amides is 1. The zero-order valence-corrected chi connectivity index (χ0v) is 17.1. The fourth-order valence-electron chi connectivity index (χ4n) is 4.04. The standard InChI is InChI=1S/C21H33FN4O2/c1-3-24-8-6-18(7-9-24)23-21(27)16-26-12-10-25(11-13-26)15-17-4-5-20(28-2)19(22)14-17/h4-5,14,18H,3,6-13,15-16H2,1-2H3,(H,23,27). The summed E-state index contributed by atoms with van der Waals surface area (Å²) in [6.07, 6.45) is 2.09. The maximum atomic E-state index is 13.8. The Kier molecular flexibility index (Phi) is 7.65. The molecular weight excluding hydrogens is 359 g/mol. The Morgan fingerprint density at radius 2 is 1.79 bits per heavy atom. The summed E-state index contributed by atoms with van der Waals surface area (Å²) >= 11 is 0. The molecule has 6 nitrogen and oxygen atoms in total. The van der Waals surface area contributed by atoms with Gasteiger partial charge >= 0.3 is 0 Å². The molecule has 0 aromatic heterocycles. The number of piperidine rings is 1. The van der Waals surface area contributed by atoms with E-state index in [0.29, 0.717) is 12.6 Å². The van der Waals surface area contributed by atoms with Crippen LogP contribution in [-0.4, -0.2) is 86.1 Å². The lowest BCUT2D eigenvalue weighted by Gasteiger charge is -2.35. The number of hydrogen-bond acceptors (Lipinski definition) is 5. The van der Waals surface area contributed by atoms with E-state index in [1.165, 1.54) is 7.11 Å². The van der Waals surface area contributed by atoms with Crippen LogP contribution >= 0.6 is 0 Å². The van der Waals surface area contributed by atoms with E-state index in [0.717, 1.165) is 70.8 Å². The van der Waals surface area contributed by atoms with Crippen LogP contribution < -0.4 is 10.1 Å². The highest BCUT2D eigenvalue weighted by molar-refractivity contribution is 5.78. The summed E-state index contributed by atoms with van der Waals surface area (Å²) in [6.45, 7) is 10.1. The maximum Gasteiger partial charge on any atom is 0.234 e. The largest absolute Gasteiger partial charge is 0.494 e. The molecule has 156 valence electrons. The van der Waals surface area contributed by atoms with Gasteiger partial charge in [0.05, 0.1) is 13.7 Å². The first-order valence-corrected chi connectivity index (χ1v) is 10.4. The fraction of sp³-hybridized carbons (Fsp3) is 0.667. The van der Waals surface area contributed by atoms with E-state index in [2.05, 4.69) is 26.9 Å². The van der Waals surface area contributed by atoms with Gasteiger partial charge in [-0.05, 0) is 37.1 Å². The van der Waals surface area contributed by atoms with Crippen molar-refractivity contribution in [3.05, 3.63) is 29.6 Å². The van der Waals surface area contributed by atoms with Gasteiger partial charge in [-0.2, -0.15) is 0 Å². The lowest BCUT2D eigenvalue weighted by molar-refractivity contribution is -0.123. The van der Waals surface area contributed by atoms with Gasteiger partial charge in [0.2, 0.25) is 5.91 Å². The first kappa shape index (κ1) is 21.0. The Morgan fingerprint density at radius 3 is 2.39 bits per heavy atom. The van der Waals surface area contributed by atoms with Gasteiger partial charge in [-0.15, -0.1) is 0 Å². The second kappa shape index (κ2) is 10.2. The number of hydrogen-bond donors (Lipinski definition) is 1. The number of nitrogens with one attached hydrogen (secondary N) is 1.